The van der Waals surface area contributed by atoms with Crippen LogP contribution in [-0.2, 0) is 16.6 Å². The molecule has 0 radical (unpaired) electrons. The highest BCUT2D eigenvalue weighted by molar-refractivity contribution is 7.89. The zero-order valence-corrected chi connectivity index (χ0v) is 17.6. The molecule has 31 heavy (non-hydrogen) atoms. The van der Waals surface area contributed by atoms with Crippen molar-refractivity contribution in [1.29, 1.82) is 0 Å². The van der Waals surface area contributed by atoms with Gasteiger partial charge in [-0.3, -0.25) is 0 Å². The highest BCUT2D eigenvalue weighted by atomic mass is 32.2. The van der Waals surface area contributed by atoms with Crippen molar-refractivity contribution in [2.24, 2.45) is 5.14 Å². The lowest BCUT2D eigenvalue weighted by molar-refractivity contribution is 0.304. The molecule has 0 saturated heterocycles. The minimum absolute atomic E-state index is 0.00115. The van der Waals surface area contributed by atoms with Crippen molar-refractivity contribution >= 4 is 21.4 Å². The maximum absolute atomic E-state index is 13.4. The topological polar surface area (TPSA) is 82.3 Å². The Morgan fingerprint density at radius 2 is 1.58 bits per heavy atom. The lowest BCUT2D eigenvalue weighted by Crippen LogP contribution is -2.11. The molecule has 0 spiro atoms. The number of rotatable bonds is 6. The summed E-state index contributed by atoms with van der Waals surface area (Å²) >= 11 is 1.34. The second-order valence-corrected chi connectivity index (χ2v) is 9.25. The van der Waals surface area contributed by atoms with Crippen LogP contribution in [0, 0.1) is 11.6 Å². The van der Waals surface area contributed by atoms with Crippen LogP contribution in [0.25, 0.3) is 21.7 Å². The fourth-order valence-electron chi connectivity index (χ4n) is 2.92. The molecule has 0 amide bonds. The largest absolute Gasteiger partial charge is 0.486 e. The third-order valence-electron chi connectivity index (χ3n) is 4.39. The summed E-state index contributed by atoms with van der Waals surface area (Å²) in [7, 11) is -3.81. The van der Waals surface area contributed by atoms with Crippen LogP contribution in [0.2, 0.25) is 0 Å². The first-order chi connectivity index (χ1) is 14.8. The Kier molecular flexibility index (Phi) is 5.81. The Labute approximate surface area is 181 Å². The lowest BCUT2D eigenvalue weighted by Gasteiger charge is -2.04. The molecule has 0 atom stereocenters. The van der Waals surface area contributed by atoms with Crippen LogP contribution in [0.3, 0.4) is 0 Å². The molecular formula is C22H16F2N2O3S2. The quantitative estimate of drug-likeness (QED) is 0.442. The second kappa shape index (κ2) is 8.54. The average Bonchev–Trinajstić information content (AvgIpc) is 3.17. The molecule has 0 aliphatic carbocycles. The fraction of sp³-hybridized carbons (Fsp3) is 0.0455. The van der Waals surface area contributed by atoms with E-state index in [1.807, 2.05) is 0 Å². The molecule has 0 fully saturated rings. The molecule has 5 nitrogen and oxygen atoms in total. The van der Waals surface area contributed by atoms with E-state index in [2.05, 4.69) is 4.98 Å². The van der Waals surface area contributed by atoms with Gasteiger partial charge in [-0.2, -0.15) is 0 Å². The van der Waals surface area contributed by atoms with E-state index in [9.17, 15) is 17.2 Å². The van der Waals surface area contributed by atoms with Crippen molar-refractivity contribution in [3.8, 4) is 27.4 Å². The third-order valence-corrected chi connectivity index (χ3v) is 6.40. The maximum atomic E-state index is 13.4. The van der Waals surface area contributed by atoms with Crippen molar-refractivity contribution in [2.75, 3.05) is 0 Å². The average molecular weight is 459 g/mol. The second-order valence-electron chi connectivity index (χ2n) is 6.61. The summed E-state index contributed by atoms with van der Waals surface area (Å²) in [5.74, 6) is -0.399. The van der Waals surface area contributed by atoms with Gasteiger partial charge in [-0.1, -0.05) is 18.2 Å². The van der Waals surface area contributed by atoms with E-state index in [-0.39, 0.29) is 17.3 Å². The number of halogens is 2. The summed E-state index contributed by atoms with van der Waals surface area (Å²) in [5.41, 5.74) is 2.02. The molecule has 4 aromatic rings. The predicted octanol–water partition coefficient (Wildman–Crippen LogP) is 4.98. The van der Waals surface area contributed by atoms with Crippen molar-refractivity contribution in [3.05, 3.63) is 89.4 Å². The van der Waals surface area contributed by atoms with Crippen LogP contribution in [0.5, 0.6) is 5.75 Å². The van der Waals surface area contributed by atoms with Gasteiger partial charge in [0.2, 0.25) is 10.0 Å². The van der Waals surface area contributed by atoms with Crippen LogP contribution in [0.1, 0.15) is 5.01 Å². The van der Waals surface area contributed by atoms with E-state index in [4.69, 9.17) is 9.88 Å². The van der Waals surface area contributed by atoms with Crippen LogP contribution in [0.15, 0.2) is 77.7 Å². The molecule has 1 heterocycles. The van der Waals surface area contributed by atoms with Gasteiger partial charge in [-0.15, -0.1) is 11.3 Å². The molecule has 2 N–H and O–H groups in total. The van der Waals surface area contributed by atoms with E-state index in [0.717, 1.165) is 10.4 Å². The highest BCUT2D eigenvalue weighted by Crippen LogP contribution is 2.37. The van der Waals surface area contributed by atoms with Crippen molar-refractivity contribution in [3.63, 3.8) is 0 Å². The summed E-state index contributed by atoms with van der Waals surface area (Å²) in [5, 5.41) is 5.79. The van der Waals surface area contributed by atoms with Crippen LogP contribution < -0.4 is 9.88 Å². The first-order valence-electron chi connectivity index (χ1n) is 9.07. The summed E-state index contributed by atoms with van der Waals surface area (Å²) < 4.78 is 55.5. The molecule has 158 valence electrons. The van der Waals surface area contributed by atoms with Gasteiger partial charge in [-0.25, -0.2) is 27.3 Å². The first kappa shape index (κ1) is 21.1. The van der Waals surface area contributed by atoms with Crippen molar-refractivity contribution in [1.82, 2.24) is 4.98 Å². The van der Waals surface area contributed by atoms with Gasteiger partial charge in [0.25, 0.3) is 0 Å². The minimum Gasteiger partial charge on any atom is -0.486 e. The van der Waals surface area contributed by atoms with Gasteiger partial charge in [0.05, 0.1) is 15.5 Å². The number of thiazole rings is 1. The standard InChI is InChI=1S/C22H16F2N2O3S2/c23-16-8-4-14(5-9-16)21-22(15-6-10-19(11-7-15)31(25,27)28)30-20(26-21)13-29-18-3-1-2-17(24)12-18/h1-12H,13H2,(H2,25,27,28). The van der Waals surface area contributed by atoms with Crippen molar-refractivity contribution in [2.45, 2.75) is 11.5 Å². The minimum atomic E-state index is -3.81. The zero-order valence-electron chi connectivity index (χ0n) is 16.0. The number of primary sulfonamides is 1. The summed E-state index contributed by atoms with van der Waals surface area (Å²) in [6.07, 6.45) is 0. The fourth-order valence-corrected chi connectivity index (χ4v) is 4.44. The first-order valence-corrected chi connectivity index (χ1v) is 11.4. The van der Waals surface area contributed by atoms with Crippen molar-refractivity contribution < 1.29 is 21.9 Å². The molecule has 0 unspecified atom stereocenters. The number of sulfonamides is 1. The van der Waals surface area contributed by atoms with E-state index in [1.54, 1.807) is 36.4 Å². The number of nitrogens with two attached hydrogens (primary N) is 1. The van der Waals surface area contributed by atoms with Crippen LogP contribution in [-0.4, -0.2) is 13.4 Å². The number of ether oxygens (including phenoxy) is 1. The van der Waals surface area contributed by atoms with Crippen LogP contribution in [0.4, 0.5) is 8.78 Å². The normalized spacial score (nSPS) is 11.5. The van der Waals surface area contributed by atoms with E-state index >= 15 is 0 Å². The lowest BCUT2D eigenvalue weighted by atomic mass is 10.1. The molecule has 0 aliphatic heterocycles. The smallest absolute Gasteiger partial charge is 0.238 e. The SMILES string of the molecule is NS(=O)(=O)c1ccc(-c2sc(COc3cccc(F)c3)nc2-c2ccc(F)cc2)cc1. The number of benzene rings is 3. The monoisotopic (exact) mass is 458 g/mol. The Bertz CT molecular complexity index is 1320. The summed E-state index contributed by atoms with van der Waals surface area (Å²) in [6.45, 7) is 0.109. The predicted molar refractivity (Wildman–Crippen MR) is 115 cm³/mol. The molecule has 0 bridgehead atoms. The number of hydrogen-bond donors (Lipinski definition) is 1. The molecular weight excluding hydrogens is 442 g/mol. The molecule has 1 aromatic heterocycles. The Morgan fingerprint density at radius 1 is 0.903 bits per heavy atom. The van der Waals surface area contributed by atoms with Gasteiger partial charge >= 0.3 is 0 Å². The molecule has 4 rings (SSSR count). The zero-order chi connectivity index (χ0) is 22.0. The van der Waals surface area contributed by atoms with Gasteiger partial charge < -0.3 is 4.74 Å². The number of hydrogen-bond acceptors (Lipinski definition) is 5. The van der Waals surface area contributed by atoms with E-state index in [1.165, 1.54) is 47.7 Å². The third kappa shape index (κ3) is 4.96. The Balaban J connectivity index is 1.71. The summed E-state index contributed by atoms with van der Waals surface area (Å²) in [6, 6.07) is 17.8. The number of aromatic nitrogens is 1. The molecule has 0 saturated carbocycles. The highest BCUT2D eigenvalue weighted by Gasteiger charge is 2.17. The Hall–Kier alpha value is -3.14. The van der Waals surface area contributed by atoms with Gasteiger partial charge in [-0.05, 0) is 54.1 Å². The van der Waals surface area contributed by atoms with E-state index in [0.29, 0.717) is 22.0 Å². The molecule has 0 aliphatic rings. The van der Waals surface area contributed by atoms with Gasteiger partial charge in [0, 0.05) is 11.6 Å². The maximum Gasteiger partial charge on any atom is 0.238 e. The molecule has 9 heteroatoms. The Morgan fingerprint density at radius 3 is 2.23 bits per heavy atom. The molecule has 3 aromatic carbocycles. The van der Waals surface area contributed by atoms with Gasteiger partial charge in [0.15, 0.2) is 0 Å². The van der Waals surface area contributed by atoms with Gasteiger partial charge in [0.1, 0.15) is 29.0 Å². The number of nitrogens with zero attached hydrogens (tertiary/aromatic N) is 1. The van der Waals surface area contributed by atoms with E-state index < -0.39 is 15.8 Å². The van der Waals surface area contributed by atoms with Crippen LogP contribution >= 0.6 is 11.3 Å². The summed E-state index contributed by atoms with van der Waals surface area (Å²) in [4.78, 5) is 5.38.